The van der Waals surface area contributed by atoms with E-state index >= 15 is 0 Å². The van der Waals surface area contributed by atoms with Gasteiger partial charge in [0.1, 0.15) is 11.5 Å². The number of halogens is 4. The Labute approximate surface area is 106 Å². The van der Waals surface area contributed by atoms with Crippen LogP contribution in [0.1, 0.15) is 18.5 Å². The second-order valence-corrected chi connectivity index (χ2v) is 4.79. The lowest BCUT2D eigenvalue weighted by Gasteiger charge is -2.23. The highest BCUT2D eigenvalue weighted by Gasteiger charge is 2.34. The molecule has 0 atom stereocenters. The maximum atomic E-state index is 12.5. The Kier molecular flexibility index (Phi) is 3.61. The smallest absolute Gasteiger partial charge is 0.353 e. The van der Waals surface area contributed by atoms with Gasteiger partial charge in [-0.1, -0.05) is 22.0 Å². The van der Waals surface area contributed by atoms with E-state index in [-0.39, 0.29) is 0 Å². The van der Waals surface area contributed by atoms with Crippen molar-refractivity contribution in [3.8, 4) is 0 Å². The quantitative estimate of drug-likeness (QED) is 0.792. The Morgan fingerprint density at radius 3 is 2.59 bits per heavy atom. The van der Waals surface area contributed by atoms with Crippen molar-refractivity contribution in [2.45, 2.75) is 25.1 Å². The summed E-state index contributed by atoms with van der Waals surface area (Å²) < 4.78 is 37.6. The van der Waals surface area contributed by atoms with Crippen LogP contribution in [-0.4, -0.2) is 22.9 Å². The Hall–Kier alpha value is -0.780. The zero-order chi connectivity index (χ0) is 12.5. The monoisotopic (exact) mass is 308 g/mol. The van der Waals surface area contributed by atoms with Crippen LogP contribution in [-0.2, 0) is 6.18 Å². The SMILES string of the molecule is FC(F)(F)c1cccc(N(CCBr)C2CC2)n1. The van der Waals surface area contributed by atoms with E-state index in [1.807, 2.05) is 4.90 Å². The van der Waals surface area contributed by atoms with Crippen LogP contribution in [0, 0.1) is 0 Å². The van der Waals surface area contributed by atoms with Crippen molar-refractivity contribution in [1.29, 1.82) is 0 Å². The minimum absolute atomic E-state index is 0.350. The molecule has 0 spiro atoms. The molecule has 1 aliphatic carbocycles. The lowest BCUT2D eigenvalue weighted by molar-refractivity contribution is -0.141. The summed E-state index contributed by atoms with van der Waals surface area (Å²) in [5, 5.41) is 0.724. The van der Waals surface area contributed by atoms with Crippen molar-refractivity contribution in [3.63, 3.8) is 0 Å². The van der Waals surface area contributed by atoms with E-state index in [9.17, 15) is 13.2 Å². The summed E-state index contributed by atoms with van der Waals surface area (Å²) in [6.07, 6.45) is -2.31. The average molecular weight is 309 g/mol. The van der Waals surface area contributed by atoms with Crippen LogP contribution >= 0.6 is 15.9 Å². The highest BCUT2D eigenvalue weighted by Crippen LogP contribution is 2.33. The number of rotatable bonds is 4. The normalized spacial score (nSPS) is 16.0. The first-order valence-electron chi connectivity index (χ1n) is 5.39. The van der Waals surface area contributed by atoms with Crippen LogP contribution in [0.3, 0.4) is 0 Å². The van der Waals surface area contributed by atoms with E-state index in [2.05, 4.69) is 20.9 Å². The van der Waals surface area contributed by atoms with Crippen molar-refractivity contribution in [3.05, 3.63) is 23.9 Å². The number of alkyl halides is 4. The van der Waals surface area contributed by atoms with Crippen LogP contribution in [0.5, 0.6) is 0 Å². The molecule has 17 heavy (non-hydrogen) atoms. The van der Waals surface area contributed by atoms with Gasteiger partial charge in [-0.15, -0.1) is 0 Å². The third-order valence-corrected chi connectivity index (χ3v) is 2.99. The number of anilines is 1. The van der Waals surface area contributed by atoms with E-state index in [0.29, 0.717) is 18.4 Å². The standard InChI is InChI=1S/C11H12BrF3N2/c12-6-7-17(8-4-5-8)10-3-1-2-9(16-10)11(13,14)15/h1-3,8H,4-7H2. The van der Waals surface area contributed by atoms with Crippen LogP contribution in [0.25, 0.3) is 0 Å². The first-order valence-corrected chi connectivity index (χ1v) is 6.51. The summed E-state index contributed by atoms with van der Waals surface area (Å²) in [6.45, 7) is 0.680. The largest absolute Gasteiger partial charge is 0.433 e. The molecule has 0 unspecified atom stereocenters. The minimum atomic E-state index is -4.38. The van der Waals surface area contributed by atoms with Crippen molar-refractivity contribution >= 4 is 21.7 Å². The first-order chi connectivity index (χ1) is 8.02. The van der Waals surface area contributed by atoms with Gasteiger partial charge in [0.25, 0.3) is 0 Å². The average Bonchev–Trinajstić information content (AvgIpc) is 3.09. The second kappa shape index (κ2) is 4.84. The van der Waals surface area contributed by atoms with Crippen molar-refractivity contribution < 1.29 is 13.2 Å². The summed E-state index contributed by atoms with van der Waals surface area (Å²) in [7, 11) is 0. The summed E-state index contributed by atoms with van der Waals surface area (Å²) >= 11 is 3.31. The molecule has 1 aromatic rings. The van der Waals surface area contributed by atoms with Gasteiger partial charge in [0.2, 0.25) is 0 Å². The van der Waals surface area contributed by atoms with E-state index in [1.165, 1.54) is 6.07 Å². The van der Waals surface area contributed by atoms with Gasteiger partial charge in [0.15, 0.2) is 0 Å². The number of pyridine rings is 1. The molecule has 0 aromatic carbocycles. The number of nitrogens with zero attached hydrogens (tertiary/aromatic N) is 2. The molecule has 1 aromatic heterocycles. The minimum Gasteiger partial charge on any atom is -0.353 e. The highest BCUT2D eigenvalue weighted by molar-refractivity contribution is 9.09. The molecule has 1 saturated carbocycles. The lowest BCUT2D eigenvalue weighted by Crippen LogP contribution is -2.29. The number of hydrogen-bond donors (Lipinski definition) is 0. The van der Waals surface area contributed by atoms with E-state index in [1.54, 1.807) is 6.07 Å². The Morgan fingerprint density at radius 1 is 1.35 bits per heavy atom. The molecule has 0 aliphatic heterocycles. The van der Waals surface area contributed by atoms with Crippen LogP contribution < -0.4 is 4.90 Å². The van der Waals surface area contributed by atoms with Gasteiger partial charge >= 0.3 is 6.18 Å². The Balaban J connectivity index is 2.24. The maximum Gasteiger partial charge on any atom is 0.433 e. The van der Waals surface area contributed by atoms with Crippen LogP contribution in [0.2, 0.25) is 0 Å². The van der Waals surface area contributed by atoms with Gasteiger partial charge < -0.3 is 4.90 Å². The molecular weight excluding hydrogens is 297 g/mol. The molecule has 0 radical (unpaired) electrons. The molecule has 2 nitrogen and oxygen atoms in total. The molecule has 1 aliphatic rings. The van der Waals surface area contributed by atoms with Crippen molar-refractivity contribution in [2.75, 3.05) is 16.8 Å². The van der Waals surface area contributed by atoms with Gasteiger partial charge in [-0.2, -0.15) is 13.2 Å². The van der Waals surface area contributed by atoms with Gasteiger partial charge in [-0.3, -0.25) is 0 Å². The summed E-state index contributed by atoms with van der Waals surface area (Å²) in [5.41, 5.74) is -0.824. The molecule has 94 valence electrons. The van der Waals surface area contributed by atoms with Gasteiger partial charge in [-0.25, -0.2) is 4.98 Å². The summed E-state index contributed by atoms with van der Waals surface area (Å²) in [5.74, 6) is 0.418. The molecule has 1 heterocycles. The van der Waals surface area contributed by atoms with Gasteiger partial charge in [-0.05, 0) is 25.0 Å². The predicted octanol–water partition coefficient (Wildman–Crippen LogP) is 3.46. The fourth-order valence-corrected chi connectivity index (χ4v) is 2.08. The molecule has 1 fully saturated rings. The fraction of sp³-hybridized carbons (Fsp3) is 0.545. The second-order valence-electron chi connectivity index (χ2n) is 3.99. The first kappa shape index (κ1) is 12.7. The van der Waals surface area contributed by atoms with E-state index in [0.717, 1.165) is 24.2 Å². The maximum absolute atomic E-state index is 12.5. The molecule has 2 rings (SSSR count). The predicted molar refractivity (Wildman–Crippen MR) is 63.4 cm³/mol. The van der Waals surface area contributed by atoms with Crippen LogP contribution in [0.4, 0.5) is 19.0 Å². The topological polar surface area (TPSA) is 16.1 Å². The molecule has 0 bridgehead atoms. The van der Waals surface area contributed by atoms with E-state index < -0.39 is 11.9 Å². The van der Waals surface area contributed by atoms with Crippen molar-refractivity contribution in [1.82, 2.24) is 4.98 Å². The van der Waals surface area contributed by atoms with Crippen LogP contribution in [0.15, 0.2) is 18.2 Å². The van der Waals surface area contributed by atoms with E-state index in [4.69, 9.17) is 0 Å². The highest BCUT2D eigenvalue weighted by atomic mass is 79.9. The van der Waals surface area contributed by atoms with Gasteiger partial charge in [0.05, 0.1) is 0 Å². The molecular formula is C11H12BrF3N2. The zero-order valence-electron chi connectivity index (χ0n) is 9.04. The Morgan fingerprint density at radius 2 is 2.06 bits per heavy atom. The summed E-state index contributed by atoms with van der Waals surface area (Å²) in [6, 6.07) is 4.40. The molecule has 0 saturated heterocycles. The fourth-order valence-electron chi connectivity index (χ4n) is 1.70. The third kappa shape index (κ3) is 3.12. The van der Waals surface area contributed by atoms with Crippen molar-refractivity contribution in [2.24, 2.45) is 0 Å². The number of aromatic nitrogens is 1. The Bertz CT molecular complexity index is 391. The molecule has 0 amide bonds. The zero-order valence-corrected chi connectivity index (χ0v) is 10.6. The third-order valence-electron chi connectivity index (χ3n) is 2.63. The lowest BCUT2D eigenvalue weighted by atomic mass is 10.3. The van der Waals surface area contributed by atoms with Gasteiger partial charge in [0, 0.05) is 17.9 Å². The number of hydrogen-bond acceptors (Lipinski definition) is 2. The molecule has 0 N–H and O–H groups in total. The molecule has 6 heteroatoms. The summed E-state index contributed by atoms with van der Waals surface area (Å²) in [4.78, 5) is 5.64.